The van der Waals surface area contributed by atoms with E-state index >= 15 is 0 Å². The highest BCUT2D eigenvalue weighted by Crippen LogP contribution is 2.27. The molecule has 2 unspecified atom stereocenters. The maximum Gasteiger partial charge on any atom is -0.00431 e. The minimum absolute atomic E-state index is 0.575. The van der Waals surface area contributed by atoms with Gasteiger partial charge in [0.15, 0.2) is 0 Å². The van der Waals surface area contributed by atoms with Crippen molar-refractivity contribution in [2.24, 2.45) is 11.8 Å². The largest absolute Gasteiger partial charge is 0.115 e. The molecule has 90 valence electrons. The molecule has 0 nitrogen and oxygen atoms in total. The monoisotopic (exact) mass is 226 g/mol. The predicted molar refractivity (Wildman–Crippen MR) is 76.5 cm³/mol. The Labute approximate surface area is 106 Å². The number of terminal acetylenes is 1. The van der Waals surface area contributed by atoms with E-state index in [1.807, 2.05) is 6.08 Å². The normalized spacial score (nSPS) is 25.5. The fraction of sp³-hybridized carbons (Fsp3) is 0.412. The lowest BCUT2D eigenvalue weighted by Gasteiger charge is -2.19. The molecule has 0 fully saturated rings. The maximum atomic E-state index is 5.41. The molecular weight excluding hydrogens is 204 g/mol. The first-order valence-corrected chi connectivity index (χ1v) is 6.32. The smallest absolute Gasteiger partial charge is 0.00431 e. The zero-order valence-electron chi connectivity index (χ0n) is 11.3. The summed E-state index contributed by atoms with van der Waals surface area (Å²) in [6.45, 7) is 8.79. The molecule has 0 aromatic carbocycles. The fourth-order valence-corrected chi connectivity index (χ4v) is 1.78. The summed E-state index contributed by atoms with van der Waals surface area (Å²) in [6.07, 6.45) is 17.3. The van der Waals surface area contributed by atoms with Crippen molar-refractivity contribution in [3.8, 4) is 12.3 Å². The lowest BCUT2D eigenvalue weighted by molar-refractivity contribution is 0.549. The van der Waals surface area contributed by atoms with Gasteiger partial charge in [-0.05, 0) is 42.4 Å². The van der Waals surface area contributed by atoms with Crippen LogP contribution in [0.1, 0.15) is 34.1 Å². The molecule has 0 radical (unpaired) electrons. The molecule has 2 atom stereocenters. The fourth-order valence-electron chi connectivity index (χ4n) is 1.78. The zero-order valence-corrected chi connectivity index (χ0v) is 11.3. The second-order valence-electron chi connectivity index (χ2n) is 4.81. The molecule has 0 aromatic heterocycles. The zero-order chi connectivity index (χ0) is 12.8. The van der Waals surface area contributed by atoms with E-state index in [-0.39, 0.29) is 0 Å². The van der Waals surface area contributed by atoms with Gasteiger partial charge in [0.1, 0.15) is 0 Å². The Balaban J connectivity index is 3.04. The first-order valence-electron chi connectivity index (χ1n) is 6.32. The van der Waals surface area contributed by atoms with Crippen molar-refractivity contribution in [2.75, 3.05) is 0 Å². The Morgan fingerprint density at radius 1 is 1.41 bits per heavy atom. The van der Waals surface area contributed by atoms with E-state index in [2.05, 4.69) is 57.9 Å². The van der Waals surface area contributed by atoms with Crippen molar-refractivity contribution < 1.29 is 0 Å². The molecule has 0 amide bonds. The first kappa shape index (κ1) is 13.6. The molecule has 0 aromatic rings. The molecule has 1 rings (SSSR count). The Morgan fingerprint density at radius 3 is 2.65 bits per heavy atom. The van der Waals surface area contributed by atoms with Crippen molar-refractivity contribution in [3.05, 3.63) is 47.1 Å². The van der Waals surface area contributed by atoms with Gasteiger partial charge >= 0.3 is 0 Å². The van der Waals surface area contributed by atoms with Crippen molar-refractivity contribution in [1.82, 2.24) is 0 Å². The molecule has 0 N–H and O–H groups in total. The van der Waals surface area contributed by atoms with Crippen LogP contribution in [-0.2, 0) is 0 Å². The van der Waals surface area contributed by atoms with Crippen LogP contribution in [0.4, 0.5) is 0 Å². The summed E-state index contributed by atoms with van der Waals surface area (Å²) in [7, 11) is 0. The molecule has 17 heavy (non-hydrogen) atoms. The Kier molecular flexibility index (Phi) is 5.04. The summed E-state index contributed by atoms with van der Waals surface area (Å²) in [5, 5.41) is 0. The summed E-state index contributed by atoms with van der Waals surface area (Å²) in [4.78, 5) is 0. The molecular formula is C17H22. The van der Waals surface area contributed by atoms with Crippen LogP contribution in [0.25, 0.3) is 0 Å². The van der Waals surface area contributed by atoms with Crippen molar-refractivity contribution in [1.29, 1.82) is 0 Å². The number of hydrogen-bond donors (Lipinski definition) is 0. The molecule has 0 heterocycles. The Bertz CT molecular complexity index is 421. The standard InChI is InChI=1S/C17H22/c1-6-8-16(11-13(3)7-2)17-10-9-14(4)15(5)12-17/h1,8-12,14-15H,7H2,2-5H3/b13-11-,16-8+. The van der Waals surface area contributed by atoms with E-state index < -0.39 is 0 Å². The SMILES string of the molecule is C#C/C=C(\C=C(\C)CC)C1=CC(C)C(C)C=C1. The van der Waals surface area contributed by atoms with Crippen LogP contribution >= 0.6 is 0 Å². The first-order chi connectivity index (χ1) is 8.08. The number of hydrogen-bond acceptors (Lipinski definition) is 0. The van der Waals surface area contributed by atoms with Gasteiger partial charge in [0.25, 0.3) is 0 Å². The summed E-state index contributed by atoms with van der Waals surface area (Å²) < 4.78 is 0. The lowest BCUT2D eigenvalue weighted by atomic mass is 9.86. The highest BCUT2D eigenvalue weighted by Gasteiger charge is 2.13. The highest BCUT2D eigenvalue weighted by atomic mass is 14.2. The van der Waals surface area contributed by atoms with Gasteiger partial charge in [0, 0.05) is 0 Å². The molecule has 1 aliphatic carbocycles. The van der Waals surface area contributed by atoms with Crippen LogP contribution in [0.15, 0.2) is 47.1 Å². The summed E-state index contributed by atoms with van der Waals surface area (Å²) in [5.74, 6) is 3.83. The van der Waals surface area contributed by atoms with Crippen LogP contribution in [0.2, 0.25) is 0 Å². The van der Waals surface area contributed by atoms with E-state index in [4.69, 9.17) is 6.42 Å². The van der Waals surface area contributed by atoms with Gasteiger partial charge in [-0.25, -0.2) is 0 Å². The van der Waals surface area contributed by atoms with E-state index in [0.717, 1.165) is 12.0 Å². The quantitative estimate of drug-likeness (QED) is 0.484. The third-order valence-electron chi connectivity index (χ3n) is 3.38. The third kappa shape index (κ3) is 3.79. The highest BCUT2D eigenvalue weighted by molar-refractivity contribution is 5.51. The van der Waals surface area contributed by atoms with Crippen molar-refractivity contribution in [2.45, 2.75) is 34.1 Å². The third-order valence-corrected chi connectivity index (χ3v) is 3.38. The van der Waals surface area contributed by atoms with Gasteiger partial charge in [-0.2, -0.15) is 0 Å². The van der Waals surface area contributed by atoms with E-state index in [1.54, 1.807) is 0 Å². The van der Waals surface area contributed by atoms with Gasteiger partial charge in [-0.3, -0.25) is 0 Å². The van der Waals surface area contributed by atoms with Gasteiger partial charge in [0.2, 0.25) is 0 Å². The van der Waals surface area contributed by atoms with E-state index in [1.165, 1.54) is 11.1 Å². The van der Waals surface area contributed by atoms with Crippen LogP contribution < -0.4 is 0 Å². The number of rotatable bonds is 3. The Hall–Kier alpha value is -1.48. The summed E-state index contributed by atoms with van der Waals surface area (Å²) >= 11 is 0. The number of allylic oxidation sites excluding steroid dienone is 8. The molecule has 0 saturated carbocycles. The average Bonchev–Trinajstić information content (AvgIpc) is 2.32. The second-order valence-corrected chi connectivity index (χ2v) is 4.81. The van der Waals surface area contributed by atoms with Crippen molar-refractivity contribution in [3.63, 3.8) is 0 Å². The molecule has 0 spiro atoms. The minimum Gasteiger partial charge on any atom is -0.115 e. The maximum absolute atomic E-state index is 5.41. The van der Waals surface area contributed by atoms with E-state index in [0.29, 0.717) is 11.8 Å². The molecule has 0 bridgehead atoms. The summed E-state index contributed by atoms with van der Waals surface area (Å²) in [6, 6.07) is 0. The van der Waals surface area contributed by atoms with Gasteiger partial charge in [0.05, 0.1) is 0 Å². The van der Waals surface area contributed by atoms with Gasteiger partial charge in [-0.1, -0.05) is 56.6 Å². The van der Waals surface area contributed by atoms with Crippen LogP contribution in [0.3, 0.4) is 0 Å². The molecule has 0 saturated heterocycles. The minimum atomic E-state index is 0.575. The van der Waals surface area contributed by atoms with Gasteiger partial charge in [-0.15, -0.1) is 6.42 Å². The van der Waals surface area contributed by atoms with Gasteiger partial charge < -0.3 is 0 Å². The Morgan fingerprint density at radius 2 is 2.12 bits per heavy atom. The summed E-state index contributed by atoms with van der Waals surface area (Å²) in [5.41, 5.74) is 3.76. The molecule has 0 aliphatic heterocycles. The molecule has 1 aliphatic rings. The predicted octanol–water partition coefficient (Wildman–Crippen LogP) is 4.67. The topological polar surface area (TPSA) is 0 Å². The lowest BCUT2D eigenvalue weighted by Crippen LogP contribution is -2.07. The average molecular weight is 226 g/mol. The van der Waals surface area contributed by atoms with E-state index in [9.17, 15) is 0 Å². The van der Waals surface area contributed by atoms with Crippen LogP contribution in [0.5, 0.6) is 0 Å². The van der Waals surface area contributed by atoms with Crippen LogP contribution in [0, 0.1) is 24.2 Å². The van der Waals surface area contributed by atoms with Crippen molar-refractivity contribution >= 4 is 0 Å². The van der Waals surface area contributed by atoms with Crippen LogP contribution in [-0.4, -0.2) is 0 Å². The molecule has 0 heteroatoms. The second kappa shape index (κ2) is 6.30.